The van der Waals surface area contributed by atoms with Gasteiger partial charge in [0.25, 0.3) is 21.6 Å². The molecule has 0 heterocycles. The monoisotopic (exact) mass is 363 g/mol. The van der Waals surface area contributed by atoms with Crippen molar-refractivity contribution in [2.45, 2.75) is 11.8 Å². The lowest BCUT2D eigenvalue weighted by atomic mass is 10.2. The number of benzene rings is 2. The molecule has 10 heteroatoms. The summed E-state index contributed by atoms with van der Waals surface area (Å²) in [5.41, 5.74) is 0.398. The van der Waals surface area contributed by atoms with Crippen LogP contribution in [0, 0.1) is 10.1 Å². The average molecular weight is 363 g/mol. The van der Waals surface area contributed by atoms with Gasteiger partial charge in [-0.2, -0.15) is 0 Å². The lowest BCUT2D eigenvalue weighted by Gasteiger charge is -2.07. The highest BCUT2D eigenvalue weighted by molar-refractivity contribution is 7.90. The van der Waals surface area contributed by atoms with Gasteiger partial charge in [-0.25, -0.2) is 13.1 Å². The minimum absolute atomic E-state index is 0.129. The van der Waals surface area contributed by atoms with Crippen molar-refractivity contribution in [3.05, 3.63) is 64.2 Å². The van der Waals surface area contributed by atoms with E-state index in [1.807, 2.05) is 4.72 Å². The van der Waals surface area contributed by atoms with Crippen LogP contribution >= 0.6 is 0 Å². The molecule has 2 rings (SSSR count). The number of anilines is 1. The summed E-state index contributed by atoms with van der Waals surface area (Å²) in [6, 6.07) is 10.2. The molecule has 0 aliphatic heterocycles. The number of rotatable bonds is 5. The molecule has 0 aliphatic carbocycles. The molecule has 9 nitrogen and oxygen atoms in total. The molecule has 25 heavy (non-hydrogen) atoms. The van der Waals surface area contributed by atoms with Crippen molar-refractivity contribution < 1.29 is 22.9 Å². The van der Waals surface area contributed by atoms with Crippen molar-refractivity contribution in [2.24, 2.45) is 0 Å². The minimum atomic E-state index is -3.95. The van der Waals surface area contributed by atoms with Crippen molar-refractivity contribution in [3.8, 4) is 0 Å². The van der Waals surface area contributed by atoms with Gasteiger partial charge in [0.2, 0.25) is 5.91 Å². The third-order valence-electron chi connectivity index (χ3n) is 3.04. The van der Waals surface area contributed by atoms with Gasteiger partial charge >= 0.3 is 0 Å². The smallest absolute Gasteiger partial charge is 0.269 e. The first kappa shape index (κ1) is 18.1. The Morgan fingerprint density at radius 1 is 1.00 bits per heavy atom. The van der Waals surface area contributed by atoms with Gasteiger partial charge in [-0.3, -0.25) is 19.7 Å². The molecular weight excluding hydrogens is 350 g/mol. The Morgan fingerprint density at radius 2 is 1.56 bits per heavy atom. The van der Waals surface area contributed by atoms with Crippen LogP contribution in [0.1, 0.15) is 17.3 Å². The third-order valence-corrected chi connectivity index (χ3v) is 4.49. The van der Waals surface area contributed by atoms with Gasteiger partial charge in [0.05, 0.1) is 9.82 Å². The summed E-state index contributed by atoms with van der Waals surface area (Å²) >= 11 is 0. The van der Waals surface area contributed by atoms with Crippen LogP contribution in [0.5, 0.6) is 0 Å². The van der Waals surface area contributed by atoms with Gasteiger partial charge in [-0.05, 0) is 36.4 Å². The number of nitrogens with zero attached hydrogens (tertiary/aromatic N) is 1. The van der Waals surface area contributed by atoms with E-state index in [0.29, 0.717) is 5.69 Å². The predicted molar refractivity (Wildman–Crippen MR) is 88.5 cm³/mol. The SMILES string of the molecule is CC(=O)NS(=O)(=O)c1ccc(NC(=O)c2ccc([N+](=O)[O-])cc2)cc1. The van der Waals surface area contributed by atoms with Crippen LogP contribution in [-0.4, -0.2) is 25.2 Å². The number of nitro benzene ring substituents is 1. The minimum Gasteiger partial charge on any atom is -0.322 e. The Morgan fingerprint density at radius 3 is 2.04 bits per heavy atom. The number of carbonyl (C=O) groups excluding carboxylic acids is 2. The number of non-ortho nitro benzene ring substituents is 1. The highest BCUT2D eigenvalue weighted by atomic mass is 32.2. The fraction of sp³-hybridized carbons (Fsp3) is 0.0667. The second-order valence-corrected chi connectivity index (χ2v) is 6.63. The fourth-order valence-electron chi connectivity index (χ4n) is 1.90. The zero-order chi connectivity index (χ0) is 18.6. The van der Waals surface area contributed by atoms with E-state index in [9.17, 15) is 28.1 Å². The molecule has 2 N–H and O–H groups in total. The lowest BCUT2D eigenvalue weighted by Crippen LogP contribution is -2.28. The van der Waals surface area contributed by atoms with Crippen molar-refractivity contribution in [3.63, 3.8) is 0 Å². The number of nitro groups is 1. The lowest BCUT2D eigenvalue weighted by molar-refractivity contribution is -0.384. The molecule has 0 aromatic heterocycles. The van der Waals surface area contributed by atoms with Crippen molar-refractivity contribution in [2.75, 3.05) is 5.32 Å². The summed E-state index contributed by atoms with van der Waals surface area (Å²) in [4.78, 5) is 32.8. The number of sulfonamides is 1. The molecule has 0 bridgehead atoms. The summed E-state index contributed by atoms with van der Waals surface area (Å²) in [7, 11) is -3.95. The zero-order valence-corrected chi connectivity index (χ0v) is 13.7. The maximum absolute atomic E-state index is 12.1. The largest absolute Gasteiger partial charge is 0.322 e. The standard InChI is InChI=1S/C15H13N3O6S/c1-10(19)17-25(23,24)14-8-4-12(5-9-14)16-15(20)11-2-6-13(7-3-11)18(21)22/h2-9H,1H3,(H,16,20)(H,17,19). The number of hydrogen-bond acceptors (Lipinski definition) is 6. The van der Waals surface area contributed by atoms with Crippen LogP contribution in [0.15, 0.2) is 53.4 Å². The number of amides is 2. The van der Waals surface area contributed by atoms with Gasteiger partial charge in [-0.1, -0.05) is 0 Å². The normalized spacial score (nSPS) is 10.8. The van der Waals surface area contributed by atoms with Crippen LogP contribution in [-0.2, 0) is 14.8 Å². The molecule has 0 radical (unpaired) electrons. The second kappa shape index (κ2) is 7.09. The van der Waals surface area contributed by atoms with Crippen LogP contribution in [0.25, 0.3) is 0 Å². The molecule has 2 aromatic rings. The Bertz CT molecular complexity index is 921. The van der Waals surface area contributed by atoms with Crippen molar-refractivity contribution in [1.82, 2.24) is 4.72 Å². The highest BCUT2D eigenvalue weighted by Gasteiger charge is 2.15. The summed E-state index contributed by atoms with van der Waals surface area (Å²) in [6.45, 7) is 1.08. The molecule has 2 amide bonds. The molecule has 0 spiro atoms. The molecule has 0 fully saturated rings. The Labute approximate surface area is 142 Å². The number of carbonyl (C=O) groups is 2. The quantitative estimate of drug-likeness (QED) is 0.613. The predicted octanol–water partition coefficient (Wildman–Crippen LogP) is 1.67. The average Bonchev–Trinajstić information content (AvgIpc) is 2.54. The Kier molecular flexibility index (Phi) is 5.13. The second-order valence-electron chi connectivity index (χ2n) is 4.94. The molecule has 0 atom stereocenters. The summed E-state index contributed by atoms with van der Waals surface area (Å²) in [5, 5.41) is 13.1. The molecule has 130 valence electrons. The van der Waals surface area contributed by atoms with Gasteiger partial charge in [0.15, 0.2) is 0 Å². The molecular formula is C15H13N3O6S. The summed E-state index contributed by atoms with van der Waals surface area (Å²) in [6.07, 6.45) is 0. The van der Waals surface area contributed by atoms with Crippen LogP contribution in [0.3, 0.4) is 0 Å². The topological polar surface area (TPSA) is 135 Å². The first-order chi connectivity index (χ1) is 11.7. The zero-order valence-electron chi connectivity index (χ0n) is 12.9. The maximum Gasteiger partial charge on any atom is 0.269 e. The molecule has 2 aromatic carbocycles. The first-order valence-electron chi connectivity index (χ1n) is 6.88. The van der Waals surface area contributed by atoms with E-state index in [-0.39, 0.29) is 16.1 Å². The van der Waals surface area contributed by atoms with Gasteiger partial charge in [0.1, 0.15) is 0 Å². The highest BCUT2D eigenvalue weighted by Crippen LogP contribution is 2.16. The Balaban J connectivity index is 2.11. The summed E-state index contributed by atoms with van der Waals surface area (Å²) in [5.74, 6) is -1.22. The molecule has 0 unspecified atom stereocenters. The van der Waals surface area contributed by atoms with E-state index in [2.05, 4.69) is 5.32 Å². The van der Waals surface area contributed by atoms with Gasteiger partial charge in [0, 0.05) is 30.3 Å². The van der Waals surface area contributed by atoms with Crippen molar-refractivity contribution >= 4 is 33.2 Å². The maximum atomic E-state index is 12.1. The van der Waals surface area contributed by atoms with E-state index in [4.69, 9.17) is 0 Å². The Hall–Kier alpha value is -3.27. The molecule has 0 saturated heterocycles. The number of hydrogen-bond donors (Lipinski definition) is 2. The molecule has 0 aliphatic rings. The van der Waals surface area contributed by atoms with Gasteiger partial charge in [-0.15, -0.1) is 0 Å². The van der Waals surface area contributed by atoms with E-state index in [1.165, 1.54) is 48.5 Å². The van der Waals surface area contributed by atoms with E-state index in [1.54, 1.807) is 0 Å². The van der Waals surface area contributed by atoms with E-state index < -0.39 is 26.8 Å². The van der Waals surface area contributed by atoms with Crippen LogP contribution < -0.4 is 10.0 Å². The summed E-state index contributed by atoms with van der Waals surface area (Å²) < 4.78 is 25.4. The number of nitrogens with one attached hydrogen (secondary N) is 2. The van der Waals surface area contributed by atoms with Gasteiger partial charge < -0.3 is 5.32 Å². The first-order valence-corrected chi connectivity index (χ1v) is 8.36. The van der Waals surface area contributed by atoms with Crippen LogP contribution in [0.2, 0.25) is 0 Å². The molecule has 0 saturated carbocycles. The van der Waals surface area contributed by atoms with E-state index >= 15 is 0 Å². The third kappa shape index (κ3) is 4.61. The van der Waals surface area contributed by atoms with E-state index in [0.717, 1.165) is 6.92 Å². The van der Waals surface area contributed by atoms with Crippen molar-refractivity contribution in [1.29, 1.82) is 0 Å². The van der Waals surface area contributed by atoms with Crippen LogP contribution in [0.4, 0.5) is 11.4 Å². The fourth-order valence-corrected chi connectivity index (χ4v) is 2.89.